The molecule has 7 rings (SSSR count). The van der Waals surface area contributed by atoms with Crippen molar-refractivity contribution in [3.05, 3.63) is 47.0 Å². The molecule has 0 unspecified atom stereocenters. The Morgan fingerprint density at radius 3 is 2.70 bits per heavy atom. The largest absolute Gasteiger partial charge is 0.445 e. The lowest BCUT2D eigenvalue weighted by Gasteiger charge is -2.54. The number of hydrogen-bond donors (Lipinski definition) is 1. The molecule has 5 nitrogen and oxygen atoms in total. The smallest absolute Gasteiger partial charge is 0.410 e. The molecule has 4 aliphatic carbocycles. The SMILES string of the molecule is CC1=C2C[C@H]3[C@@H](CC[C@@H]4C[C@H](N)CC[C@@]43C)[C@@H]2CC[C@]12O[C@@H]1C[C@H](C)CN(C(=O)OCc3ccccc3)[C@H]1[C@H]2C. The van der Waals surface area contributed by atoms with E-state index in [2.05, 4.69) is 27.7 Å². The van der Waals surface area contributed by atoms with Crippen molar-refractivity contribution in [3.63, 3.8) is 0 Å². The number of piperidine rings is 1. The van der Waals surface area contributed by atoms with Crippen molar-refractivity contribution in [2.75, 3.05) is 6.54 Å². The summed E-state index contributed by atoms with van der Waals surface area (Å²) in [6, 6.07) is 10.5. The third-order valence-electron chi connectivity index (χ3n) is 13.1. The zero-order valence-corrected chi connectivity index (χ0v) is 25.1. The van der Waals surface area contributed by atoms with Gasteiger partial charge in [-0.05, 0) is 111 Å². The van der Waals surface area contributed by atoms with Gasteiger partial charge >= 0.3 is 6.09 Å². The Hall–Kier alpha value is -1.85. The van der Waals surface area contributed by atoms with E-state index >= 15 is 0 Å². The molecular weight excluding hydrogens is 496 g/mol. The van der Waals surface area contributed by atoms with Gasteiger partial charge < -0.3 is 20.1 Å². The molecule has 1 aromatic carbocycles. The summed E-state index contributed by atoms with van der Waals surface area (Å²) in [5.74, 6) is 3.83. The average Bonchev–Trinajstić information content (AvgIpc) is 3.47. The Bertz CT molecular complexity index is 1170. The zero-order chi connectivity index (χ0) is 27.8. The van der Waals surface area contributed by atoms with Gasteiger partial charge in [-0.2, -0.15) is 0 Å². The summed E-state index contributed by atoms with van der Waals surface area (Å²) in [4.78, 5) is 15.6. The van der Waals surface area contributed by atoms with Crippen molar-refractivity contribution < 1.29 is 14.3 Å². The van der Waals surface area contributed by atoms with Gasteiger partial charge in [-0.1, -0.05) is 56.7 Å². The van der Waals surface area contributed by atoms with E-state index < -0.39 is 0 Å². The van der Waals surface area contributed by atoms with Crippen LogP contribution in [0.1, 0.15) is 91.0 Å². The highest BCUT2D eigenvalue weighted by Gasteiger charge is 2.63. The molecule has 40 heavy (non-hydrogen) atoms. The number of hydrogen-bond acceptors (Lipinski definition) is 4. The second-order valence-corrected chi connectivity index (χ2v) is 14.9. The van der Waals surface area contributed by atoms with Crippen LogP contribution in [0.4, 0.5) is 4.79 Å². The molecule has 1 amide bonds. The van der Waals surface area contributed by atoms with Crippen molar-refractivity contribution >= 4 is 6.09 Å². The minimum Gasteiger partial charge on any atom is -0.445 e. The molecule has 2 saturated heterocycles. The van der Waals surface area contributed by atoms with Gasteiger partial charge in [0, 0.05) is 18.5 Å². The highest BCUT2D eigenvalue weighted by molar-refractivity contribution is 5.68. The van der Waals surface area contributed by atoms with E-state index in [1.54, 1.807) is 5.57 Å². The van der Waals surface area contributed by atoms with E-state index in [0.717, 1.165) is 48.6 Å². The second-order valence-electron chi connectivity index (χ2n) is 14.9. The van der Waals surface area contributed by atoms with Crippen molar-refractivity contribution in [2.45, 2.75) is 116 Å². The topological polar surface area (TPSA) is 64.8 Å². The van der Waals surface area contributed by atoms with Crippen LogP contribution in [-0.4, -0.2) is 41.3 Å². The summed E-state index contributed by atoms with van der Waals surface area (Å²) in [6.45, 7) is 10.7. The van der Waals surface area contributed by atoms with Crippen LogP contribution in [0.3, 0.4) is 0 Å². The average molecular weight is 547 g/mol. The maximum atomic E-state index is 13.5. The molecule has 2 aliphatic heterocycles. The van der Waals surface area contributed by atoms with Gasteiger partial charge in [0.2, 0.25) is 0 Å². The van der Waals surface area contributed by atoms with Crippen molar-refractivity contribution in [1.29, 1.82) is 0 Å². The van der Waals surface area contributed by atoms with Crippen LogP contribution in [0.25, 0.3) is 0 Å². The van der Waals surface area contributed by atoms with Gasteiger partial charge in [0.25, 0.3) is 0 Å². The quantitative estimate of drug-likeness (QED) is 0.402. The molecule has 1 spiro atoms. The van der Waals surface area contributed by atoms with Crippen LogP contribution in [0, 0.1) is 40.9 Å². The summed E-state index contributed by atoms with van der Waals surface area (Å²) in [5.41, 5.74) is 10.9. The first kappa shape index (κ1) is 27.0. The molecule has 2 heterocycles. The number of fused-ring (bicyclic) bond motifs is 6. The number of rotatable bonds is 2. The summed E-state index contributed by atoms with van der Waals surface area (Å²) in [7, 11) is 0. The number of carbonyl (C=O) groups is 1. The Kier molecular flexibility index (Phi) is 6.66. The Labute approximate surface area is 241 Å². The van der Waals surface area contributed by atoms with Crippen LogP contribution < -0.4 is 5.73 Å². The first-order valence-corrected chi connectivity index (χ1v) is 16.3. The number of carbonyl (C=O) groups excluding carboxylic acids is 1. The second kappa shape index (κ2) is 9.87. The number of allylic oxidation sites excluding steroid dienone is 1. The summed E-state index contributed by atoms with van der Waals surface area (Å²) < 4.78 is 13.1. The standard InChI is InChI=1S/C35H50N2O3/c1-21-16-31-32(37(19-21)33(38)39-20-24-8-6-5-7-9-24)23(3)35(40-31)15-13-27-28-11-10-25-17-26(36)12-14-34(25,4)30(28)18-29(27)22(35)2/h5-9,21,23,25-28,30-32H,10-20,36H2,1-4H3/t21-,23+,25+,26+,27-,28-,30-,31+,32-,34-,35-/m0/s1. The van der Waals surface area contributed by atoms with Crippen molar-refractivity contribution in [2.24, 2.45) is 46.7 Å². The number of nitrogens with zero attached hydrogens (tertiary/aromatic N) is 1. The highest BCUT2D eigenvalue weighted by Crippen LogP contribution is 2.66. The van der Waals surface area contributed by atoms with E-state index in [4.69, 9.17) is 15.2 Å². The van der Waals surface area contributed by atoms with Crippen LogP contribution in [0.5, 0.6) is 0 Å². The predicted molar refractivity (Wildman–Crippen MR) is 157 cm³/mol. The number of amides is 1. The monoisotopic (exact) mass is 546 g/mol. The van der Waals surface area contributed by atoms with E-state index in [-0.39, 0.29) is 29.8 Å². The molecule has 5 fully saturated rings. The summed E-state index contributed by atoms with van der Waals surface area (Å²) in [6.07, 6.45) is 11.0. The molecule has 6 aliphatic rings. The minimum absolute atomic E-state index is 0.0805. The Balaban J connectivity index is 1.15. The molecule has 218 valence electrons. The number of nitrogens with two attached hydrogens (primary N) is 1. The van der Waals surface area contributed by atoms with Gasteiger partial charge in [0.1, 0.15) is 6.61 Å². The molecule has 1 aromatic rings. The van der Waals surface area contributed by atoms with Gasteiger partial charge in [0.15, 0.2) is 0 Å². The van der Waals surface area contributed by atoms with E-state index in [1.807, 2.05) is 35.2 Å². The van der Waals surface area contributed by atoms with Gasteiger partial charge in [-0.15, -0.1) is 0 Å². The van der Waals surface area contributed by atoms with Crippen LogP contribution in [0.15, 0.2) is 41.5 Å². The lowest BCUT2D eigenvalue weighted by Crippen LogP contribution is -2.54. The van der Waals surface area contributed by atoms with Crippen LogP contribution in [0.2, 0.25) is 0 Å². The number of ether oxygens (including phenoxy) is 2. The summed E-state index contributed by atoms with van der Waals surface area (Å²) in [5, 5.41) is 0. The van der Waals surface area contributed by atoms with Gasteiger partial charge in [-0.25, -0.2) is 4.79 Å². The van der Waals surface area contributed by atoms with Gasteiger partial charge in [0.05, 0.1) is 17.7 Å². The predicted octanol–water partition coefficient (Wildman–Crippen LogP) is 7.10. The highest BCUT2D eigenvalue weighted by atomic mass is 16.6. The summed E-state index contributed by atoms with van der Waals surface area (Å²) >= 11 is 0. The maximum Gasteiger partial charge on any atom is 0.410 e. The minimum atomic E-state index is -0.244. The molecule has 0 radical (unpaired) electrons. The Morgan fingerprint density at radius 1 is 1.10 bits per heavy atom. The number of benzene rings is 1. The fourth-order valence-corrected chi connectivity index (χ4v) is 11.0. The molecule has 2 N–H and O–H groups in total. The lowest BCUT2D eigenvalue weighted by atomic mass is 9.52. The normalized spacial score (nSPS) is 46.0. The van der Waals surface area contributed by atoms with Crippen molar-refractivity contribution in [1.82, 2.24) is 4.90 Å². The van der Waals surface area contributed by atoms with E-state index in [0.29, 0.717) is 24.0 Å². The lowest BCUT2D eigenvalue weighted by molar-refractivity contribution is -0.0665. The first-order valence-electron chi connectivity index (χ1n) is 16.3. The maximum absolute atomic E-state index is 13.5. The zero-order valence-electron chi connectivity index (χ0n) is 25.1. The fraction of sp³-hybridized carbons (Fsp3) is 0.743. The third kappa shape index (κ3) is 4.04. The van der Waals surface area contributed by atoms with Gasteiger partial charge in [-0.3, -0.25) is 0 Å². The molecule has 3 saturated carbocycles. The van der Waals surface area contributed by atoms with Crippen molar-refractivity contribution in [3.8, 4) is 0 Å². The third-order valence-corrected chi connectivity index (χ3v) is 13.1. The first-order chi connectivity index (χ1) is 19.2. The number of likely N-dealkylation sites (tertiary alicyclic amines) is 1. The molecule has 0 bridgehead atoms. The molecule has 5 heteroatoms. The van der Waals surface area contributed by atoms with Crippen LogP contribution >= 0.6 is 0 Å². The Morgan fingerprint density at radius 2 is 1.90 bits per heavy atom. The van der Waals surface area contributed by atoms with E-state index in [1.165, 1.54) is 50.5 Å². The molecule has 11 atom stereocenters. The van der Waals surface area contributed by atoms with E-state index in [9.17, 15) is 4.79 Å². The molecular formula is C35H50N2O3. The van der Waals surface area contributed by atoms with Crippen LogP contribution in [-0.2, 0) is 16.1 Å². The molecule has 0 aromatic heterocycles. The fourth-order valence-electron chi connectivity index (χ4n) is 11.0.